The SMILES string of the molecule is Cc1cc(C(=O)N(C)Cc2ccccc2)nc(Nc2ccc(F)cc2F)n1. The van der Waals surface area contributed by atoms with Crippen molar-refractivity contribution in [2.75, 3.05) is 12.4 Å². The third kappa shape index (κ3) is 4.63. The van der Waals surface area contributed by atoms with Crippen LogP contribution in [0.15, 0.2) is 54.6 Å². The first kappa shape index (κ1) is 18.4. The summed E-state index contributed by atoms with van der Waals surface area (Å²) in [5, 5.41) is 2.69. The van der Waals surface area contributed by atoms with Crippen molar-refractivity contribution < 1.29 is 13.6 Å². The summed E-state index contributed by atoms with van der Waals surface area (Å²) in [6, 6.07) is 14.3. The molecular weight excluding hydrogens is 350 g/mol. The van der Waals surface area contributed by atoms with Gasteiger partial charge in [-0.05, 0) is 30.7 Å². The molecular formula is C20H18F2N4O. The molecule has 0 bridgehead atoms. The van der Waals surface area contributed by atoms with Gasteiger partial charge in [-0.15, -0.1) is 0 Å². The third-order valence-corrected chi connectivity index (χ3v) is 3.86. The van der Waals surface area contributed by atoms with Gasteiger partial charge in [-0.2, -0.15) is 0 Å². The molecule has 0 aliphatic carbocycles. The second-order valence-corrected chi connectivity index (χ2v) is 6.11. The summed E-state index contributed by atoms with van der Waals surface area (Å²) in [7, 11) is 1.68. The highest BCUT2D eigenvalue weighted by Crippen LogP contribution is 2.19. The molecule has 0 aliphatic heterocycles. The Hall–Kier alpha value is -3.35. The monoisotopic (exact) mass is 368 g/mol. The molecule has 0 atom stereocenters. The molecule has 5 nitrogen and oxygen atoms in total. The Bertz CT molecular complexity index is 963. The zero-order valence-corrected chi connectivity index (χ0v) is 14.9. The average Bonchev–Trinajstić information content (AvgIpc) is 2.64. The zero-order valence-electron chi connectivity index (χ0n) is 14.9. The molecule has 0 spiro atoms. The average molecular weight is 368 g/mol. The molecule has 1 aromatic heterocycles. The summed E-state index contributed by atoms with van der Waals surface area (Å²) < 4.78 is 26.9. The van der Waals surface area contributed by atoms with Crippen LogP contribution >= 0.6 is 0 Å². The first-order valence-corrected chi connectivity index (χ1v) is 8.29. The molecule has 0 unspecified atom stereocenters. The number of halogens is 2. The fourth-order valence-electron chi connectivity index (χ4n) is 2.57. The van der Waals surface area contributed by atoms with E-state index < -0.39 is 11.6 Å². The van der Waals surface area contributed by atoms with Crippen LogP contribution in [0.25, 0.3) is 0 Å². The van der Waals surface area contributed by atoms with Crippen LogP contribution in [0.4, 0.5) is 20.4 Å². The number of nitrogens with one attached hydrogen (secondary N) is 1. The Morgan fingerprint density at radius 1 is 1.07 bits per heavy atom. The number of hydrogen-bond donors (Lipinski definition) is 1. The molecule has 0 saturated carbocycles. The number of aryl methyl sites for hydroxylation is 1. The van der Waals surface area contributed by atoms with E-state index in [2.05, 4.69) is 15.3 Å². The molecule has 0 radical (unpaired) electrons. The van der Waals surface area contributed by atoms with Crippen molar-refractivity contribution >= 4 is 17.5 Å². The number of benzene rings is 2. The quantitative estimate of drug-likeness (QED) is 0.737. The van der Waals surface area contributed by atoms with E-state index in [1.54, 1.807) is 24.9 Å². The van der Waals surface area contributed by atoms with Crippen molar-refractivity contribution in [1.82, 2.24) is 14.9 Å². The summed E-state index contributed by atoms with van der Waals surface area (Å²) in [6.45, 7) is 2.14. The number of hydrogen-bond acceptors (Lipinski definition) is 4. The van der Waals surface area contributed by atoms with Crippen LogP contribution in [0.3, 0.4) is 0 Å². The Labute approximate surface area is 155 Å². The number of carbonyl (C=O) groups excluding carboxylic acids is 1. The summed E-state index contributed by atoms with van der Waals surface area (Å²) in [6.07, 6.45) is 0. The largest absolute Gasteiger partial charge is 0.336 e. The van der Waals surface area contributed by atoms with Crippen molar-refractivity contribution in [2.45, 2.75) is 13.5 Å². The van der Waals surface area contributed by atoms with Crippen LogP contribution in [-0.2, 0) is 6.54 Å². The lowest BCUT2D eigenvalue weighted by molar-refractivity contribution is 0.0779. The van der Waals surface area contributed by atoms with Crippen molar-refractivity contribution in [3.8, 4) is 0 Å². The van der Waals surface area contributed by atoms with Gasteiger partial charge in [0.2, 0.25) is 5.95 Å². The highest BCUT2D eigenvalue weighted by Gasteiger charge is 2.16. The van der Waals surface area contributed by atoms with E-state index in [0.29, 0.717) is 12.2 Å². The van der Waals surface area contributed by atoms with E-state index in [1.165, 1.54) is 6.07 Å². The highest BCUT2D eigenvalue weighted by atomic mass is 19.1. The number of anilines is 2. The van der Waals surface area contributed by atoms with Crippen molar-refractivity contribution in [1.29, 1.82) is 0 Å². The minimum atomic E-state index is -0.769. The predicted molar refractivity (Wildman–Crippen MR) is 98.6 cm³/mol. The molecule has 0 saturated heterocycles. The second kappa shape index (κ2) is 7.90. The Kier molecular flexibility index (Phi) is 5.40. The normalized spacial score (nSPS) is 10.5. The molecule has 2 aromatic carbocycles. The van der Waals surface area contributed by atoms with E-state index in [-0.39, 0.29) is 23.2 Å². The van der Waals surface area contributed by atoms with E-state index in [4.69, 9.17) is 0 Å². The van der Waals surface area contributed by atoms with E-state index in [9.17, 15) is 13.6 Å². The number of nitrogens with zero attached hydrogens (tertiary/aromatic N) is 3. The topological polar surface area (TPSA) is 58.1 Å². The molecule has 27 heavy (non-hydrogen) atoms. The number of amides is 1. The van der Waals surface area contributed by atoms with Crippen LogP contribution in [0, 0.1) is 18.6 Å². The highest BCUT2D eigenvalue weighted by molar-refractivity contribution is 5.92. The Balaban J connectivity index is 1.80. The summed E-state index contributed by atoms with van der Waals surface area (Å²) in [5.41, 5.74) is 1.75. The number of rotatable bonds is 5. The lowest BCUT2D eigenvalue weighted by Crippen LogP contribution is -2.27. The van der Waals surface area contributed by atoms with Gasteiger partial charge in [-0.1, -0.05) is 30.3 Å². The molecule has 0 aliphatic rings. The van der Waals surface area contributed by atoms with Gasteiger partial charge in [0.15, 0.2) is 0 Å². The molecule has 1 heterocycles. The van der Waals surface area contributed by atoms with Gasteiger partial charge in [-0.25, -0.2) is 18.7 Å². The minimum Gasteiger partial charge on any atom is -0.336 e. The van der Waals surface area contributed by atoms with Crippen LogP contribution < -0.4 is 5.32 Å². The zero-order chi connectivity index (χ0) is 19.4. The van der Waals surface area contributed by atoms with Gasteiger partial charge in [0.05, 0.1) is 5.69 Å². The van der Waals surface area contributed by atoms with Gasteiger partial charge in [0.25, 0.3) is 5.91 Å². The maximum atomic E-state index is 13.8. The van der Waals surface area contributed by atoms with Gasteiger partial charge < -0.3 is 10.2 Å². The molecule has 3 rings (SSSR count). The Morgan fingerprint density at radius 3 is 2.52 bits per heavy atom. The molecule has 1 N–H and O–H groups in total. The maximum absolute atomic E-state index is 13.8. The van der Waals surface area contributed by atoms with Gasteiger partial charge >= 0.3 is 0 Å². The van der Waals surface area contributed by atoms with Crippen molar-refractivity contribution in [3.05, 3.63) is 83.2 Å². The lowest BCUT2D eigenvalue weighted by atomic mass is 10.2. The van der Waals surface area contributed by atoms with E-state index in [0.717, 1.165) is 17.7 Å². The maximum Gasteiger partial charge on any atom is 0.272 e. The standard InChI is InChI=1S/C20H18F2N4O/c1-13-10-18(19(27)26(2)12-14-6-4-3-5-7-14)25-20(23-13)24-17-9-8-15(21)11-16(17)22/h3-11H,12H2,1-2H3,(H,23,24,25). The third-order valence-electron chi connectivity index (χ3n) is 3.86. The first-order chi connectivity index (χ1) is 12.9. The molecule has 138 valence electrons. The van der Waals surface area contributed by atoms with Crippen LogP contribution in [-0.4, -0.2) is 27.8 Å². The van der Waals surface area contributed by atoms with Crippen LogP contribution in [0.5, 0.6) is 0 Å². The van der Waals surface area contributed by atoms with Crippen molar-refractivity contribution in [3.63, 3.8) is 0 Å². The summed E-state index contributed by atoms with van der Waals surface area (Å²) in [4.78, 5) is 22.6. The second-order valence-electron chi connectivity index (χ2n) is 6.11. The van der Waals surface area contributed by atoms with Crippen LogP contribution in [0.2, 0.25) is 0 Å². The van der Waals surface area contributed by atoms with Crippen LogP contribution in [0.1, 0.15) is 21.7 Å². The first-order valence-electron chi connectivity index (χ1n) is 8.29. The fourth-order valence-corrected chi connectivity index (χ4v) is 2.57. The number of carbonyl (C=O) groups is 1. The molecule has 7 heteroatoms. The Morgan fingerprint density at radius 2 is 1.81 bits per heavy atom. The molecule has 0 fully saturated rings. The smallest absolute Gasteiger partial charge is 0.272 e. The fraction of sp³-hybridized carbons (Fsp3) is 0.150. The summed E-state index contributed by atoms with van der Waals surface area (Å²) >= 11 is 0. The summed E-state index contributed by atoms with van der Waals surface area (Å²) in [5.74, 6) is -1.67. The predicted octanol–water partition coefficient (Wildman–Crippen LogP) is 4.08. The van der Waals surface area contributed by atoms with E-state index >= 15 is 0 Å². The minimum absolute atomic E-state index is 0.0260. The van der Waals surface area contributed by atoms with E-state index in [1.807, 2.05) is 30.3 Å². The van der Waals surface area contributed by atoms with Gasteiger partial charge in [0, 0.05) is 25.4 Å². The molecule has 3 aromatic rings. The lowest BCUT2D eigenvalue weighted by Gasteiger charge is -2.17. The van der Waals surface area contributed by atoms with Gasteiger partial charge in [0.1, 0.15) is 17.3 Å². The van der Waals surface area contributed by atoms with Crippen molar-refractivity contribution in [2.24, 2.45) is 0 Å². The molecule has 1 amide bonds. The number of aromatic nitrogens is 2. The van der Waals surface area contributed by atoms with Gasteiger partial charge in [-0.3, -0.25) is 4.79 Å².